The fourth-order valence-corrected chi connectivity index (χ4v) is 1.17. The molecule has 1 rings (SSSR count). The monoisotopic (exact) mass is 222 g/mol. The highest BCUT2D eigenvalue weighted by atomic mass is 16.5. The molecule has 0 aromatic heterocycles. The average Bonchev–Trinajstić information content (AvgIpc) is 2.31. The molecule has 1 aromatic rings. The zero-order valence-electron chi connectivity index (χ0n) is 9.36. The molecule has 0 N–H and O–H groups in total. The SMILES string of the molecule is CCC(=O)Oc1ccccc1CC(=O)OC. The van der Waals surface area contributed by atoms with E-state index in [0.29, 0.717) is 17.7 Å². The third kappa shape index (κ3) is 3.38. The van der Waals surface area contributed by atoms with Crippen molar-refractivity contribution in [1.29, 1.82) is 0 Å². The molecule has 0 aliphatic carbocycles. The number of hydrogen-bond donors (Lipinski definition) is 0. The second-order valence-corrected chi connectivity index (χ2v) is 3.19. The van der Waals surface area contributed by atoms with E-state index < -0.39 is 0 Å². The highest BCUT2D eigenvalue weighted by Crippen LogP contribution is 2.19. The summed E-state index contributed by atoms with van der Waals surface area (Å²) in [5, 5.41) is 0. The van der Waals surface area contributed by atoms with Crippen molar-refractivity contribution in [2.45, 2.75) is 19.8 Å². The Labute approximate surface area is 94.2 Å². The normalized spacial score (nSPS) is 9.62. The van der Waals surface area contributed by atoms with Gasteiger partial charge >= 0.3 is 11.9 Å². The maximum atomic E-state index is 11.2. The van der Waals surface area contributed by atoms with Crippen LogP contribution >= 0.6 is 0 Å². The molecule has 0 aliphatic heterocycles. The van der Waals surface area contributed by atoms with Crippen molar-refractivity contribution >= 4 is 11.9 Å². The highest BCUT2D eigenvalue weighted by molar-refractivity contribution is 5.76. The number of esters is 2. The van der Waals surface area contributed by atoms with E-state index in [1.54, 1.807) is 31.2 Å². The first-order valence-corrected chi connectivity index (χ1v) is 5.02. The van der Waals surface area contributed by atoms with E-state index in [1.165, 1.54) is 7.11 Å². The molecule has 0 saturated heterocycles. The summed E-state index contributed by atoms with van der Waals surface area (Å²) < 4.78 is 9.65. The summed E-state index contributed by atoms with van der Waals surface area (Å²) in [7, 11) is 1.32. The Kier molecular flexibility index (Phi) is 4.51. The molecule has 0 saturated carbocycles. The molecule has 1 aromatic carbocycles. The minimum Gasteiger partial charge on any atom is -0.469 e. The zero-order valence-corrected chi connectivity index (χ0v) is 9.36. The number of hydrogen-bond acceptors (Lipinski definition) is 4. The van der Waals surface area contributed by atoms with Crippen LogP contribution in [0.4, 0.5) is 0 Å². The molecule has 0 aliphatic rings. The summed E-state index contributed by atoms with van der Waals surface area (Å²) in [5.41, 5.74) is 0.649. The lowest BCUT2D eigenvalue weighted by Gasteiger charge is -2.08. The Balaban J connectivity index is 2.83. The van der Waals surface area contributed by atoms with Gasteiger partial charge in [-0.15, -0.1) is 0 Å². The molecule has 4 nitrogen and oxygen atoms in total. The van der Waals surface area contributed by atoms with Gasteiger partial charge < -0.3 is 9.47 Å². The second kappa shape index (κ2) is 5.90. The molecule has 16 heavy (non-hydrogen) atoms. The number of carbonyl (C=O) groups excluding carboxylic acids is 2. The maximum Gasteiger partial charge on any atom is 0.310 e. The van der Waals surface area contributed by atoms with Crippen LogP contribution in [0.25, 0.3) is 0 Å². The van der Waals surface area contributed by atoms with Crippen LogP contribution in [0, 0.1) is 0 Å². The van der Waals surface area contributed by atoms with Gasteiger partial charge in [-0.1, -0.05) is 25.1 Å². The average molecular weight is 222 g/mol. The van der Waals surface area contributed by atoms with Gasteiger partial charge in [0.2, 0.25) is 0 Å². The largest absolute Gasteiger partial charge is 0.469 e. The Morgan fingerprint density at radius 3 is 2.50 bits per heavy atom. The Morgan fingerprint density at radius 2 is 1.88 bits per heavy atom. The molecule has 4 heteroatoms. The van der Waals surface area contributed by atoms with Gasteiger partial charge in [0.25, 0.3) is 0 Å². The minimum absolute atomic E-state index is 0.101. The van der Waals surface area contributed by atoms with Crippen LogP contribution in [0.5, 0.6) is 5.75 Å². The van der Waals surface area contributed by atoms with Crippen molar-refractivity contribution in [2.75, 3.05) is 7.11 Å². The van der Waals surface area contributed by atoms with E-state index in [9.17, 15) is 9.59 Å². The predicted molar refractivity (Wildman–Crippen MR) is 58.1 cm³/mol. The molecular weight excluding hydrogens is 208 g/mol. The molecular formula is C12H14O4. The van der Waals surface area contributed by atoms with E-state index in [0.717, 1.165) is 0 Å². The van der Waals surface area contributed by atoms with Crippen LogP contribution in [-0.2, 0) is 20.7 Å². The molecule has 0 atom stereocenters. The third-order valence-corrected chi connectivity index (χ3v) is 2.05. The maximum absolute atomic E-state index is 11.2. The summed E-state index contributed by atoms with van der Waals surface area (Å²) in [6.45, 7) is 1.71. The van der Waals surface area contributed by atoms with Gasteiger partial charge in [0.1, 0.15) is 5.75 Å². The molecule has 0 amide bonds. The number of benzene rings is 1. The number of ether oxygens (including phenoxy) is 2. The van der Waals surface area contributed by atoms with E-state index in [2.05, 4.69) is 4.74 Å². The van der Waals surface area contributed by atoms with Crippen LogP contribution in [-0.4, -0.2) is 19.0 Å². The van der Waals surface area contributed by atoms with Crippen LogP contribution in [0.3, 0.4) is 0 Å². The highest BCUT2D eigenvalue weighted by Gasteiger charge is 2.10. The number of methoxy groups -OCH3 is 1. The van der Waals surface area contributed by atoms with Crippen molar-refractivity contribution in [1.82, 2.24) is 0 Å². The van der Waals surface area contributed by atoms with Gasteiger partial charge in [0.05, 0.1) is 13.5 Å². The zero-order chi connectivity index (χ0) is 12.0. The lowest BCUT2D eigenvalue weighted by Crippen LogP contribution is -2.10. The van der Waals surface area contributed by atoms with Crippen LogP contribution in [0.2, 0.25) is 0 Å². The van der Waals surface area contributed by atoms with Crippen molar-refractivity contribution in [3.05, 3.63) is 29.8 Å². The Bertz CT molecular complexity index is 347. The van der Waals surface area contributed by atoms with Gasteiger partial charge in [0.15, 0.2) is 0 Å². The molecule has 0 heterocycles. The third-order valence-electron chi connectivity index (χ3n) is 2.05. The molecule has 0 unspecified atom stereocenters. The summed E-state index contributed by atoms with van der Waals surface area (Å²) in [6, 6.07) is 6.92. The summed E-state index contributed by atoms with van der Waals surface area (Å²) >= 11 is 0. The van der Waals surface area contributed by atoms with Crippen molar-refractivity contribution in [3.8, 4) is 5.75 Å². The van der Waals surface area contributed by atoms with Crippen molar-refractivity contribution in [2.24, 2.45) is 0 Å². The summed E-state index contributed by atoms with van der Waals surface area (Å²) in [6.07, 6.45) is 0.399. The minimum atomic E-state index is -0.361. The lowest BCUT2D eigenvalue weighted by molar-refractivity contribution is -0.140. The van der Waals surface area contributed by atoms with E-state index >= 15 is 0 Å². The topological polar surface area (TPSA) is 52.6 Å². The summed E-state index contributed by atoms with van der Waals surface area (Å²) in [5.74, 6) is -0.267. The first kappa shape index (κ1) is 12.2. The molecule has 0 radical (unpaired) electrons. The van der Waals surface area contributed by atoms with E-state index in [-0.39, 0.29) is 18.4 Å². The molecule has 0 spiro atoms. The number of para-hydroxylation sites is 1. The van der Waals surface area contributed by atoms with Crippen molar-refractivity contribution in [3.63, 3.8) is 0 Å². The Morgan fingerprint density at radius 1 is 1.19 bits per heavy atom. The number of rotatable bonds is 4. The molecule has 0 fully saturated rings. The van der Waals surface area contributed by atoms with Crippen molar-refractivity contribution < 1.29 is 19.1 Å². The van der Waals surface area contributed by atoms with Crippen LogP contribution in [0.15, 0.2) is 24.3 Å². The van der Waals surface area contributed by atoms with Gasteiger partial charge in [0, 0.05) is 12.0 Å². The Hall–Kier alpha value is -1.84. The lowest BCUT2D eigenvalue weighted by atomic mass is 10.1. The molecule has 0 bridgehead atoms. The first-order valence-electron chi connectivity index (χ1n) is 5.02. The van der Waals surface area contributed by atoms with Gasteiger partial charge in [-0.2, -0.15) is 0 Å². The van der Waals surface area contributed by atoms with Gasteiger partial charge in [-0.3, -0.25) is 9.59 Å². The summed E-state index contributed by atoms with van der Waals surface area (Å²) in [4.78, 5) is 22.3. The van der Waals surface area contributed by atoms with Gasteiger partial charge in [-0.05, 0) is 6.07 Å². The van der Waals surface area contributed by atoms with Crippen LogP contribution < -0.4 is 4.74 Å². The van der Waals surface area contributed by atoms with Gasteiger partial charge in [-0.25, -0.2) is 0 Å². The smallest absolute Gasteiger partial charge is 0.310 e. The van der Waals surface area contributed by atoms with Crippen LogP contribution in [0.1, 0.15) is 18.9 Å². The predicted octanol–water partition coefficient (Wildman–Crippen LogP) is 1.72. The fraction of sp³-hybridized carbons (Fsp3) is 0.333. The fourth-order valence-electron chi connectivity index (χ4n) is 1.17. The molecule has 86 valence electrons. The quantitative estimate of drug-likeness (QED) is 0.575. The standard InChI is InChI=1S/C12H14O4/c1-3-11(13)16-10-7-5-4-6-9(10)8-12(14)15-2/h4-7H,3,8H2,1-2H3. The van der Waals surface area contributed by atoms with E-state index in [1.807, 2.05) is 0 Å². The number of carbonyl (C=O) groups is 2. The van der Waals surface area contributed by atoms with E-state index in [4.69, 9.17) is 4.74 Å². The second-order valence-electron chi connectivity index (χ2n) is 3.19. The first-order chi connectivity index (χ1) is 7.67.